The van der Waals surface area contributed by atoms with E-state index >= 15 is 0 Å². The Morgan fingerprint density at radius 1 is 1.04 bits per heavy atom. The molecule has 0 aromatic heterocycles. The Morgan fingerprint density at radius 2 is 1.57 bits per heavy atom. The number of hydrogen-bond acceptors (Lipinski definition) is 3. The molecule has 3 nitrogen and oxygen atoms in total. The van der Waals surface area contributed by atoms with Gasteiger partial charge in [0.15, 0.2) is 0 Å². The Balaban J connectivity index is 0.00000242. The largest absolute Gasteiger partial charge is 0.507 e. The number of halogens is 2. The molecule has 0 saturated carbocycles. The molecule has 1 atom stereocenters. The van der Waals surface area contributed by atoms with Crippen molar-refractivity contribution >= 4 is 24.8 Å². The number of aromatic hydroxyl groups is 1. The summed E-state index contributed by atoms with van der Waals surface area (Å²) in [6.45, 7) is 13.0. The van der Waals surface area contributed by atoms with Gasteiger partial charge in [0.1, 0.15) is 5.75 Å². The topological polar surface area (TPSA) is 35.5 Å². The van der Waals surface area contributed by atoms with Crippen LogP contribution in [0.15, 0.2) is 12.1 Å². The fourth-order valence-electron chi connectivity index (χ4n) is 3.23. The van der Waals surface area contributed by atoms with Crippen molar-refractivity contribution in [3.63, 3.8) is 0 Å². The van der Waals surface area contributed by atoms with Gasteiger partial charge in [-0.25, -0.2) is 0 Å². The summed E-state index contributed by atoms with van der Waals surface area (Å²) in [5.74, 6) is 1.18. The first-order valence-corrected chi connectivity index (χ1v) is 8.24. The normalized spacial score (nSPS) is 16.6. The van der Waals surface area contributed by atoms with Gasteiger partial charge in [0.2, 0.25) is 0 Å². The van der Waals surface area contributed by atoms with E-state index in [1.54, 1.807) is 0 Å². The van der Waals surface area contributed by atoms with Gasteiger partial charge in [-0.2, -0.15) is 0 Å². The minimum atomic E-state index is 0. The van der Waals surface area contributed by atoms with Gasteiger partial charge in [0, 0.05) is 32.2 Å². The minimum absolute atomic E-state index is 0. The third kappa shape index (κ3) is 6.15. The maximum absolute atomic E-state index is 10.0. The van der Waals surface area contributed by atoms with Crippen LogP contribution >= 0.6 is 24.8 Å². The molecule has 0 spiro atoms. The third-order valence-electron chi connectivity index (χ3n) is 4.51. The summed E-state index contributed by atoms with van der Waals surface area (Å²) in [6.07, 6.45) is 2.44. The van der Waals surface area contributed by atoms with Crippen molar-refractivity contribution in [2.24, 2.45) is 5.92 Å². The lowest BCUT2D eigenvalue weighted by atomic mass is 9.93. The third-order valence-corrected chi connectivity index (χ3v) is 4.51. The first-order valence-electron chi connectivity index (χ1n) is 8.24. The van der Waals surface area contributed by atoms with E-state index in [2.05, 4.69) is 36.2 Å². The summed E-state index contributed by atoms with van der Waals surface area (Å²) >= 11 is 0. The molecule has 134 valence electrons. The molecule has 0 radical (unpaired) electrons. The highest BCUT2D eigenvalue weighted by Crippen LogP contribution is 2.32. The van der Waals surface area contributed by atoms with Crippen molar-refractivity contribution in [3.8, 4) is 5.75 Å². The number of rotatable bonds is 5. The summed E-state index contributed by atoms with van der Waals surface area (Å²) in [6, 6.07) is 4.83. The van der Waals surface area contributed by atoms with E-state index in [0.29, 0.717) is 11.8 Å². The summed E-state index contributed by atoms with van der Waals surface area (Å²) in [5.41, 5.74) is 3.36. The Hall–Kier alpha value is -0.480. The zero-order valence-corrected chi connectivity index (χ0v) is 16.4. The maximum atomic E-state index is 10.0. The van der Waals surface area contributed by atoms with Crippen LogP contribution in [0.3, 0.4) is 0 Å². The number of hydrogen-bond donors (Lipinski definition) is 2. The van der Waals surface area contributed by atoms with E-state index in [1.807, 2.05) is 13.8 Å². The molecule has 0 bridgehead atoms. The number of phenolic OH excluding ortho intramolecular Hbond substituents is 1. The van der Waals surface area contributed by atoms with Crippen LogP contribution in [0, 0.1) is 19.8 Å². The molecule has 1 aromatic rings. The van der Waals surface area contributed by atoms with Crippen LogP contribution in [-0.4, -0.2) is 36.2 Å². The lowest BCUT2D eigenvalue weighted by Crippen LogP contribution is -2.45. The minimum Gasteiger partial charge on any atom is -0.507 e. The van der Waals surface area contributed by atoms with Crippen LogP contribution in [0.5, 0.6) is 5.75 Å². The smallest absolute Gasteiger partial charge is 0.121 e. The lowest BCUT2D eigenvalue weighted by Gasteiger charge is -2.36. The van der Waals surface area contributed by atoms with Crippen molar-refractivity contribution < 1.29 is 5.11 Å². The molecule has 1 aliphatic heterocycles. The van der Waals surface area contributed by atoms with Crippen molar-refractivity contribution in [1.29, 1.82) is 0 Å². The van der Waals surface area contributed by atoms with Gasteiger partial charge in [-0.1, -0.05) is 26.0 Å². The summed E-state index contributed by atoms with van der Waals surface area (Å²) in [5, 5.41) is 13.5. The monoisotopic (exact) mass is 362 g/mol. The quantitative estimate of drug-likeness (QED) is 0.822. The average Bonchev–Trinajstić information content (AvgIpc) is 2.45. The molecule has 2 N–H and O–H groups in total. The van der Waals surface area contributed by atoms with Crippen LogP contribution in [0.1, 0.15) is 49.4 Å². The molecule has 1 aromatic carbocycles. The van der Waals surface area contributed by atoms with E-state index < -0.39 is 0 Å². The number of aryl methyl sites for hydroxylation is 2. The second kappa shape index (κ2) is 10.4. The average molecular weight is 363 g/mol. The van der Waals surface area contributed by atoms with Crippen LogP contribution < -0.4 is 5.32 Å². The van der Waals surface area contributed by atoms with E-state index in [1.165, 1.54) is 18.4 Å². The van der Waals surface area contributed by atoms with Crippen molar-refractivity contribution in [2.45, 2.75) is 46.6 Å². The van der Waals surface area contributed by atoms with Gasteiger partial charge in [-0.3, -0.25) is 4.90 Å². The second-order valence-electron chi connectivity index (χ2n) is 6.78. The fourth-order valence-corrected chi connectivity index (χ4v) is 3.23. The second-order valence-corrected chi connectivity index (χ2v) is 6.78. The first-order chi connectivity index (χ1) is 9.99. The predicted octanol–water partition coefficient (Wildman–Crippen LogP) is 4.24. The summed E-state index contributed by atoms with van der Waals surface area (Å²) < 4.78 is 0. The number of nitrogens with zero attached hydrogens (tertiary/aromatic N) is 1. The Morgan fingerprint density at radius 3 is 2.04 bits per heavy atom. The van der Waals surface area contributed by atoms with Crippen LogP contribution in [0.4, 0.5) is 0 Å². The summed E-state index contributed by atoms with van der Waals surface area (Å²) in [7, 11) is 0. The Labute approximate surface area is 153 Å². The SMILES string of the molecule is Cc1cc([C@H](CCC(C)C)N2CCNCC2)cc(C)c1O.Cl.Cl. The van der Waals surface area contributed by atoms with Crippen molar-refractivity contribution in [2.75, 3.05) is 26.2 Å². The molecule has 0 aliphatic carbocycles. The molecule has 0 unspecified atom stereocenters. The number of benzene rings is 1. The zero-order chi connectivity index (χ0) is 15.4. The zero-order valence-electron chi connectivity index (χ0n) is 14.8. The van der Waals surface area contributed by atoms with Crippen LogP contribution in [-0.2, 0) is 0 Å². The maximum Gasteiger partial charge on any atom is 0.121 e. The lowest BCUT2D eigenvalue weighted by molar-refractivity contribution is 0.159. The molecule has 1 fully saturated rings. The summed E-state index contributed by atoms with van der Waals surface area (Å²) in [4.78, 5) is 2.60. The van der Waals surface area contributed by atoms with Gasteiger partial charge in [-0.15, -0.1) is 24.8 Å². The number of piperazine rings is 1. The highest BCUT2D eigenvalue weighted by atomic mass is 35.5. The van der Waals surface area contributed by atoms with Crippen molar-refractivity contribution in [3.05, 3.63) is 28.8 Å². The molecule has 23 heavy (non-hydrogen) atoms. The van der Waals surface area contributed by atoms with Crippen LogP contribution in [0.25, 0.3) is 0 Å². The van der Waals surface area contributed by atoms with E-state index in [0.717, 1.165) is 43.2 Å². The molecular formula is C18H32Cl2N2O. The molecule has 1 aliphatic rings. The molecule has 2 rings (SSSR count). The predicted molar refractivity (Wildman–Crippen MR) is 103 cm³/mol. The van der Waals surface area contributed by atoms with Gasteiger partial charge >= 0.3 is 0 Å². The highest BCUT2D eigenvalue weighted by molar-refractivity contribution is 5.85. The number of nitrogens with one attached hydrogen (secondary N) is 1. The Bertz CT molecular complexity index is 451. The van der Waals surface area contributed by atoms with Gasteiger partial charge in [-0.05, 0) is 49.3 Å². The highest BCUT2D eigenvalue weighted by Gasteiger charge is 2.23. The number of phenols is 1. The molecular weight excluding hydrogens is 331 g/mol. The molecule has 1 heterocycles. The van der Waals surface area contributed by atoms with Crippen LogP contribution in [0.2, 0.25) is 0 Å². The van der Waals surface area contributed by atoms with Gasteiger partial charge in [0.05, 0.1) is 0 Å². The van der Waals surface area contributed by atoms with Crippen molar-refractivity contribution in [1.82, 2.24) is 10.2 Å². The first kappa shape index (κ1) is 22.5. The molecule has 0 amide bonds. The molecule has 5 heteroatoms. The van der Waals surface area contributed by atoms with Gasteiger partial charge in [0.25, 0.3) is 0 Å². The van der Waals surface area contributed by atoms with E-state index in [4.69, 9.17) is 0 Å². The fraction of sp³-hybridized carbons (Fsp3) is 0.667. The van der Waals surface area contributed by atoms with E-state index in [-0.39, 0.29) is 24.8 Å². The van der Waals surface area contributed by atoms with Gasteiger partial charge < -0.3 is 10.4 Å². The standard InChI is InChI=1S/C18H30N2O.2ClH/c1-13(2)5-6-17(20-9-7-19-8-10-20)16-11-14(3)18(21)15(4)12-16;;/h11-13,17,19,21H,5-10H2,1-4H3;2*1H/t17-;;/m0../s1. The Kier molecular flexibility index (Phi) is 10.2. The molecule has 1 saturated heterocycles. The van der Waals surface area contributed by atoms with E-state index in [9.17, 15) is 5.11 Å².